The summed E-state index contributed by atoms with van der Waals surface area (Å²) in [6, 6.07) is 5.86. The minimum atomic E-state index is 0.255. The number of ether oxygens (including phenoxy) is 1. The van der Waals surface area contributed by atoms with Crippen LogP contribution < -0.4 is 10.5 Å². The molecule has 0 radical (unpaired) electrons. The molecule has 0 unspecified atom stereocenters. The SMILES string of the molecule is COc1ccc(C)c(-n2nnc(N)c2C(C)C)c1. The van der Waals surface area contributed by atoms with E-state index in [-0.39, 0.29) is 5.92 Å². The first-order valence-electron chi connectivity index (χ1n) is 5.90. The van der Waals surface area contributed by atoms with Gasteiger partial charge in [0.2, 0.25) is 0 Å². The lowest BCUT2D eigenvalue weighted by Gasteiger charge is -2.13. The fourth-order valence-electron chi connectivity index (χ4n) is 1.96. The molecule has 2 N–H and O–H groups in total. The monoisotopic (exact) mass is 246 g/mol. The summed E-state index contributed by atoms with van der Waals surface area (Å²) in [7, 11) is 1.65. The van der Waals surface area contributed by atoms with Crippen LogP contribution in [0.1, 0.15) is 31.0 Å². The third-order valence-electron chi connectivity index (χ3n) is 2.92. The Morgan fingerprint density at radius 3 is 2.67 bits per heavy atom. The molecule has 0 aliphatic carbocycles. The molecule has 2 aromatic rings. The van der Waals surface area contributed by atoms with Gasteiger partial charge in [0, 0.05) is 6.07 Å². The van der Waals surface area contributed by atoms with E-state index in [9.17, 15) is 0 Å². The van der Waals surface area contributed by atoms with Gasteiger partial charge in [-0.05, 0) is 24.5 Å². The van der Waals surface area contributed by atoms with Crippen molar-refractivity contribution < 1.29 is 4.74 Å². The van der Waals surface area contributed by atoms with E-state index in [4.69, 9.17) is 10.5 Å². The molecular formula is C13H18N4O. The van der Waals surface area contributed by atoms with Crippen molar-refractivity contribution >= 4 is 5.82 Å². The van der Waals surface area contributed by atoms with Crippen LogP contribution in [0.4, 0.5) is 5.82 Å². The van der Waals surface area contributed by atoms with Gasteiger partial charge >= 0.3 is 0 Å². The highest BCUT2D eigenvalue weighted by Gasteiger charge is 2.16. The van der Waals surface area contributed by atoms with E-state index in [2.05, 4.69) is 24.2 Å². The molecule has 0 bridgehead atoms. The molecule has 96 valence electrons. The van der Waals surface area contributed by atoms with Gasteiger partial charge in [-0.3, -0.25) is 0 Å². The number of aromatic nitrogens is 3. The van der Waals surface area contributed by atoms with Gasteiger partial charge < -0.3 is 10.5 Å². The number of anilines is 1. The summed E-state index contributed by atoms with van der Waals surface area (Å²) in [6.07, 6.45) is 0. The summed E-state index contributed by atoms with van der Waals surface area (Å²) < 4.78 is 7.04. The first-order valence-corrected chi connectivity index (χ1v) is 5.90. The highest BCUT2D eigenvalue weighted by atomic mass is 16.5. The maximum Gasteiger partial charge on any atom is 0.169 e. The van der Waals surface area contributed by atoms with Crippen LogP contribution in [0.5, 0.6) is 5.75 Å². The first-order chi connectivity index (χ1) is 8.54. The van der Waals surface area contributed by atoms with Gasteiger partial charge in [-0.1, -0.05) is 25.1 Å². The van der Waals surface area contributed by atoms with Gasteiger partial charge in [0.05, 0.1) is 18.5 Å². The number of hydrogen-bond donors (Lipinski definition) is 1. The third-order valence-corrected chi connectivity index (χ3v) is 2.92. The maximum absolute atomic E-state index is 5.87. The van der Waals surface area contributed by atoms with Crippen molar-refractivity contribution in [2.45, 2.75) is 26.7 Å². The van der Waals surface area contributed by atoms with Crippen LogP contribution in [0, 0.1) is 6.92 Å². The second-order valence-corrected chi connectivity index (χ2v) is 4.58. The van der Waals surface area contributed by atoms with E-state index in [0.29, 0.717) is 5.82 Å². The van der Waals surface area contributed by atoms with Crippen molar-refractivity contribution in [1.82, 2.24) is 15.0 Å². The van der Waals surface area contributed by atoms with Crippen LogP contribution in [0.15, 0.2) is 18.2 Å². The molecule has 1 aromatic heterocycles. The molecule has 1 heterocycles. The molecule has 0 aliphatic heterocycles. The Hall–Kier alpha value is -2.04. The number of nitrogen functional groups attached to an aromatic ring is 1. The van der Waals surface area contributed by atoms with Gasteiger partial charge in [-0.25, -0.2) is 4.68 Å². The Bertz CT molecular complexity index is 560. The average molecular weight is 246 g/mol. The normalized spacial score (nSPS) is 10.9. The van der Waals surface area contributed by atoms with Crippen LogP contribution in [0.25, 0.3) is 5.69 Å². The Balaban J connectivity index is 2.61. The number of methoxy groups -OCH3 is 1. The summed E-state index contributed by atoms with van der Waals surface area (Å²) in [5.74, 6) is 1.53. The highest BCUT2D eigenvalue weighted by molar-refractivity contribution is 5.49. The zero-order valence-corrected chi connectivity index (χ0v) is 11.1. The maximum atomic E-state index is 5.87. The van der Waals surface area contributed by atoms with E-state index in [1.807, 2.05) is 25.1 Å². The smallest absolute Gasteiger partial charge is 0.169 e. The fraction of sp³-hybridized carbons (Fsp3) is 0.385. The first kappa shape index (κ1) is 12.4. The lowest BCUT2D eigenvalue weighted by molar-refractivity contribution is 0.414. The summed E-state index contributed by atoms with van der Waals surface area (Å²) in [5.41, 5.74) is 8.84. The largest absolute Gasteiger partial charge is 0.497 e. The summed E-state index contributed by atoms with van der Waals surface area (Å²) in [6.45, 7) is 6.17. The Morgan fingerprint density at radius 1 is 1.33 bits per heavy atom. The number of benzene rings is 1. The number of rotatable bonds is 3. The quantitative estimate of drug-likeness (QED) is 0.902. The fourth-order valence-corrected chi connectivity index (χ4v) is 1.96. The molecule has 2 rings (SSSR count). The summed E-state index contributed by atoms with van der Waals surface area (Å²) in [5, 5.41) is 8.09. The predicted octanol–water partition coefficient (Wildman–Crippen LogP) is 2.29. The van der Waals surface area contributed by atoms with Gasteiger partial charge in [0.1, 0.15) is 5.75 Å². The molecule has 0 fully saturated rings. The van der Waals surface area contributed by atoms with Gasteiger partial charge in [-0.2, -0.15) is 0 Å². The van der Waals surface area contributed by atoms with Crippen LogP contribution >= 0.6 is 0 Å². The van der Waals surface area contributed by atoms with E-state index < -0.39 is 0 Å². The van der Waals surface area contributed by atoms with Gasteiger partial charge in [-0.15, -0.1) is 5.10 Å². The molecule has 0 amide bonds. The third kappa shape index (κ3) is 2.03. The van der Waals surface area contributed by atoms with Crippen LogP contribution in [-0.2, 0) is 0 Å². The molecule has 0 saturated carbocycles. The Labute approximate surface area is 107 Å². The van der Waals surface area contributed by atoms with Crippen molar-refractivity contribution in [2.75, 3.05) is 12.8 Å². The topological polar surface area (TPSA) is 66.0 Å². The molecule has 0 aliphatic rings. The minimum Gasteiger partial charge on any atom is -0.497 e. The van der Waals surface area contributed by atoms with Crippen molar-refractivity contribution in [3.63, 3.8) is 0 Å². The van der Waals surface area contributed by atoms with E-state index in [1.54, 1.807) is 11.8 Å². The standard InChI is InChI=1S/C13H18N4O/c1-8(2)12-13(14)15-16-17(12)11-7-10(18-4)6-5-9(11)3/h5-8H,14H2,1-4H3. The molecular weight excluding hydrogens is 228 g/mol. The minimum absolute atomic E-state index is 0.255. The van der Waals surface area contributed by atoms with Gasteiger partial charge in [0.25, 0.3) is 0 Å². The number of nitrogens with two attached hydrogens (primary N) is 1. The van der Waals surface area contributed by atoms with Gasteiger partial charge in [0.15, 0.2) is 5.82 Å². The number of aryl methyl sites for hydroxylation is 1. The molecule has 0 spiro atoms. The van der Waals surface area contributed by atoms with Crippen molar-refractivity contribution in [3.05, 3.63) is 29.5 Å². The zero-order valence-electron chi connectivity index (χ0n) is 11.1. The second-order valence-electron chi connectivity index (χ2n) is 4.58. The lowest BCUT2D eigenvalue weighted by Crippen LogP contribution is -2.07. The van der Waals surface area contributed by atoms with Crippen LogP contribution in [0.2, 0.25) is 0 Å². The highest BCUT2D eigenvalue weighted by Crippen LogP contribution is 2.26. The lowest BCUT2D eigenvalue weighted by atomic mass is 10.1. The van der Waals surface area contributed by atoms with E-state index in [0.717, 1.165) is 22.7 Å². The van der Waals surface area contributed by atoms with Crippen molar-refractivity contribution in [2.24, 2.45) is 0 Å². The van der Waals surface area contributed by atoms with Crippen molar-refractivity contribution in [1.29, 1.82) is 0 Å². The van der Waals surface area contributed by atoms with E-state index >= 15 is 0 Å². The molecule has 0 saturated heterocycles. The Morgan fingerprint density at radius 2 is 2.06 bits per heavy atom. The molecule has 5 heteroatoms. The van der Waals surface area contributed by atoms with E-state index in [1.165, 1.54) is 0 Å². The molecule has 0 atom stereocenters. The summed E-state index contributed by atoms with van der Waals surface area (Å²) >= 11 is 0. The van der Waals surface area contributed by atoms with Crippen LogP contribution in [-0.4, -0.2) is 22.1 Å². The second kappa shape index (κ2) is 4.68. The number of nitrogens with zero attached hydrogens (tertiary/aromatic N) is 3. The number of hydrogen-bond acceptors (Lipinski definition) is 4. The summed E-state index contributed by atoms with van der Waals surface area (Å²) in [4.78, 5) is 0. The predicted molar refractivity (Wildman–Crippen MR) is 71.1 cm³/mol. The molecule has 18 heavy (non-hydrogen) atoms. The van der Waals surface area contributed by atoms with Crippen molar-refractivity contribution in [3.8, 4) is 11.4 Å². The van der Waals surface area contributed by atoms with Crippen LogP contribution in [0.3, 0.4) is 0 Å². The zero-order chi connectivity index (χ0) is 13.3. The molecule has 5 nitrogen and oxygen atoms in total. The molecule has 1 aromatic carbocycles. The average Bonchev–Trinajstić information content (AvgIpc) is 2.72. The Kier molecular flexibility index (Phi) is 3.23.